The summed E-state index contributed by atoms with van der Waals surface area (Å²) in [6.45, 7) is 9.70. The number of hydroxylamine groups is 2. The van der Waals surface area contributed by atoms with Crippen LogP contribution in [0.3, 0.4) is 0 Å². The highest BCUT2D eigenvalue weighted by atomic mass is 32.3. The van der Waals surface area contributed by atoms with Gasteiger partial charge in [0.1, 0.15) is 5.60 Å². The van der Waals surface area contributed by atoms with Gasteiger partial charge in [0.25, 0.3) is 0 Å². The predicted octanol–water partition coefficient (Wildman–Crippen LogP) is 1.68. The predicted molar refractivity (Wildman–Crippen MR) is 123 cm³/mol. The summed E-state index contributed by atoms with van der Waals surface area (Å²) in [5.74, 6) is -0.347. The van der Waals surface area contributed by atoms with Gasteiger partial charge < -0.3 is 19.9 Å². The highest BCUT2D eigenvalue weighted by molar-refractivity contribution is 7.81. The van der Waals surface area contributed by atoms with E-state index in [-0.39, 0.29) is 42.2 Å². The SMILES string of the molecule is C=C(C(=O)NC1CC2CCC(C1)N2C(=O)OC(C)(C)C)[C@@H]1CC[C@@H]2CN1C(=O)N2OS(=O)(=O)OC. The van der Waals surface area contributed by atoms with Crippen molar-refractivity contribution in [2.24, 2.45) is 0 Å². The molecule has 4 amide bonds. The number of carbonyl (C=O) groups excluding carboxylic acids is 3. The second kappa shape index (κ2) is 9.25. The molecule has 1 N–H and O–H groups in total. The van der Waals surface area contributed by atoms with Gasteiger partial charge in [-0.1, -0.05) is 6.58 Å². The Hall–Kier alpha value is -2.38. The summed E-state index contributed by atoms with van der Waals surface area (Å²) in [4.78, 5) is 41.7. The third-order valence-corrected chi connectivity index (χ3v) is 7.82. The first kappa shape index (κ1) is 25.7. The Morgan fingerprint density at radius 3 is 2.23 bits per heavy atom. The number of nitrogens with zero attached hydrogens (tertiary/aromatic N) is 3. The zero-order valence-corrected chi connectivity index (χ0v) is 21.4. The van der Waals surface area contributed by atoms with Gasteiger partial charge in [-0.3, -0.25) is 8.98 Å². The van der Waals surface area contributed by atoms with Crippen molar-refractivity contribution < 1.29 is 36.0 Å². The smallest absolute Gasteiger partial charge is 0.420 e. The van der Waals surface area contributed by atoms with E-state index in [2.05, 4.69) is 16.1 Å². The topological polar surface area (TPSA) is 135 Å². The summed E-state index contributed by atoms with van der Waals surface area (Å²) in [5.41, 5.74) is -0.324. The molecule has 13 heteroatoms. The van der Waals surface area contributed by atoms with Crippen LogP contribution in [0.2, 0.25) is 0 Å². The monoisotopic (exact) mass is 514 g/mol. The van der Waals surface area contributed by atoms with Gasteiger partial charge >= 0.3 is 22.5 Å². The van der Waals surface area contributed by atoms with Crippen LogP contribution in [-0.4, -0.2) is 90.8 Å². The molecule has 35 heavy (non-hydrogen) atoms. The number of hydrogen-bond donors (Lipinski definition) is 1. The van der Waals surface area contributed by atoms with Gasteiger partial charge in [-0.2, -0.15) is 13.5 Å². The number of hydrogen-bond acceptors (Lipinski definition) is 8. The molecule has 4 aliphatic heterocycles. The molecule has 4 aliphatic rings. The third-order valence-electron chi connectivity index (χ3n) is 7.07. The van der Waals surface area contributed by atoms with Crippen LogP contribution < -0.4 is 5.32 Å². The van der Waals surface area contributed by atoms with Crippen molar-refractivity contribution in [1.82, 2.24) is 20.2 Å². The molecular weight excluding hydrogens is 480 g/mol. The summed E-state index contributed by atoms with van der Waals surface area (Å²) in [6.07, 6.45) is 3.58. The number of piperidine rings is 2. The van der Waals surface area contributed by atoms with Gasteiger partial charge in [0.05, 0.1) is 19.2 Å². The number of fused-ring (bicyclic) bond motifs is 4. The molecule has 0 radical (unpaired) electrons. The molecule has 196 valence electrons. The lowest BCUT2D eigenvalue weighted by molar-refractivity contribution is -0.119. The van der Waals surface area contributed by atoms with E-state index in [9.17, 15) is 22.8 Å². The normalized spacial score (nSPS) is 30.5. The molecular formula is C22H34N4O8S. The summed E-state index contributed by atoms with van der Waals surface area (Å²) < 4.78 is 38.0. The van der Waals surface area contributed by atoms with E-state index < -0.39 is 34.1 Å². The van der Waals surface area contributed by atoms with E-state index in [4.69, 9.17) is 9.02 Å². The van der Waals surface area contributed by atoms with Crippen LogP contribution in [0.25, 0.3) is 0 Å². The highest BCUT2D eigenvalue weighted by Gasteiger charge is 2.49. The van der Waals surface area contributed by atoms with Crippen molar-refractivity contribution in [3.05, 3.63) is 12.2 Å². The first-order valence-electron chi connectivity index (χ1n) is 11.9. The van der Waals surface area contributed by atoms with E-state index in [0.29, 0.717) is 25.7 Å². The maximum absolute atomic E-state index is 13.1. The van der Waals surface area contributed by atoms with Gasteiger partial charge in [-0.05, 0) is 59.3 Å². The first-order chi connectivity index (χ1) is 16.3. The van der Waals surface area contributed by atoms with E-state index in [1.807, 2.05) is 25.7 Å². The minimum atomic E-state index is -4.33. The molecule has 0 spiro atoms. The lowest BCUT2D eigenvalue weighted by Gasteiger charge is -2.40. The van der Waals surface area contributed by atoms with Crippen molar-refractivity contribution >= 4 is 28.4 Å². The Balaban J connectivity index is 1.35. The number of urea groups is 1. The van der Waals surface area contributed by atoms with Gasteiger partial charge in [0.15, 0.2) is 0 Å². The second-order valence-corrected chi connectivity index (χ2v) is 11.9. The molecule has 0 saturated carbocycles. The fourth-order valence-electron chi connectivity index (χ4n) is 5.56. The molecule has 12 nitrogen and oxygen atoms in total. The first-order valence-corrected chi connectivity index (χ1v) is 13.2. The number of rotatable bonds is 6. The number of nitrogens with one attached hydrogen (secondary N) is 1. The van der Waals surface area contributed by atoms with Crippen LogP contribution >= 0.6 is 0 Å². The van der Waals surface area contributed by atoms with E-state index in [0.717, 1.165) is 25.0 Å². The third kappa shape index (κ3) is 5.26. The molecule has 4 saturated heterocycles. The standard InChI is InChI=1S/C22H34N4O8S/c1-13(18-9-8-17-12-24(18)20(28)26(17)34-35(30,31)32-5)19(27)23-14-10-15-6-7-16(11-14)25(15)21(29)33-22(2,3)4/h14-18H,1,6-12H2,2-5H3,(H,23,27)/t14?,15?,16?,17-,18+/m1/s1. The lowest BCUT2D eigenvalue weighted by atomic mass is 9.93. The molecule has 4 bridgehead atoms. The van der Waals surface area contributed by atoms with E-state index in [1.54, 1.807) is 0 Å². The van der Waals surface area contributed by atoms with Crippen LogP contribution in [-0.2, 0) is 28.4 Å². The van der Waals surface area contributed by atoms with Crippen LogP contribution in [0, 0.1) is 0 Å². The Morgan fingerprint density at radius 1 is 1.06 bits per heavy atom. The summed E-state index contributed by atoms with van der Waals surface area (Å²) in [6, 6.07) is -1.76. The fraction of sp³-hybridized carbons (Fsp3) is 0.773. The summed E-state index contributed by atoms with van der Waals surface area (Å²) >= 11 is 0. The van der Waals surface area contributed by atoms with Crippen molar-refractivity contribution in [3.8, 4) is 0 Å². The lowest BCUT2D eigenvalue weighted by Crippen LogP contribution is -2.54. The van der Waals surface area contributed by atoms with Crippen LogP contribution in [0.4, 0.5) is 9.59 Å². The molecule has 2 unspecified atom stereocenters. The van der Waals surface area contributed by atoms with Crippen LogP contribution in [0.5, 0.6) is 0 Å². The Bertz CT molecular complexity index is 995. The average molecular weight is 515 g/mol. The fourth-order valence-corrected chi connectivity index (χ4v) is 6.00. The largest absolute Gasteiger partial charge is 0.444 e. The minimum absolute atomic E-state index is 0.00574. The van der Waals surface area contributed by atoms with Crippen LogP contribution in [0.1, 0.15) is 59.3 Å². The minimum Gasteiger partial charge on any atom is -0.444 e. The number of ether oxygens (including phenoxy) is 1. The van der Waals surface area contributed by atoms with E-state index >= 15 is 0 Å². The quantitative estimate of drug-likeness (QED) is 0.529. The summed E-state index contributed by atoms with van der Waals surface area (Å²) in [5, 5.41) is 3.84. The van der Waals surface area contributed by atoms with Crippen molar-refractivity contribution in [2.45, 2.75) is 95.1 Å². The van der Waals surface area contributed by atoms with Crippen molar-refractivity contribution in [1.29, 1.82) is 0 Å². The molecule has 4 rings (SSSR count). The zero-order valence-electron chi connectivity index (χ0n) is 20.6. The maximum atomic E-state index is 13.1. The Labute approximate surface area is 205 Å². The number of carbonyl (C=O) groups is 3. The second-order valence-electron chi connectivity index (χ2n) is 10.6. The zero-order chi connectivity index (χ0) is 25.7. The molecule has 4 atom stereocenters. The van der Waals surface area contributed by atoms with Gasteiger partial charge in [-0.15, -0.1) is 4.28 Å². The van der Waals surface area contributed by atoms with Crippen LogP contribution in [0.15, 0.2) is 12.2 Å². The Kier molecular flexibility index (Phi) is 6.79. The molecule has 0 aromatic rings. The summed E-state index contributed by atoms with van der Waals surface area (Å²) in [7, 11) is -3.39. The molecule has 0 aromatic heterocycles. The van der Waals surface area contributed by atoms with Gasteiger partial charge in [-0.25, -0.2) is 9.59 Å². The van der Waals surface area contributed by atoms with Gasteiger partial charge in [0.2, 0.25) is 5.91 Å². The number of amides is 4. The highest BCUT2D eigenvalue weighted by Crippen LogP contribution is 2.37. The van der Waals surface area contributed by atoms with Crippen molar-refractivity contribution in [2.75, 3.05) is 13.7 Å². The van der Waals surface area contributed by atoms with Gasteiger partial charge in [0, 0.05) is 30.2 Å². The Morgan fingerprint density at radius 2 is 1.66 bits per heavy atom. The molecule has 0 aromatic carbocycles. The van der Waals surface area contributed by atoms with Crippen molar-refractivity contribution in [3.63, 3.8) is 0 Å². The van der Waals surface area contributed by atoms with E-state index in [1.165, 1.54) is 4.90 Å². The molecule has 4 heterocycles. The maximum Gasteiger partial charge on any atom is 0.420 e. The average Bonchev–Trinajstić information content (AvgIpc) is 3.17. The molecule has 4 fully saturated rings. The molecule has 0 aliphatic carbocycles.